The third-order valence-electron chi connectivity index (χ3n) is 7.86. The minimum absolute atomic E-state index is 0.00595. The molecule has 1 aromatic rings. The van der Waals surface area contributed by atoms with Crippen molar-refractivity contribution < 1.29 is 40.7 Å². The van der Waals surface area contributed by atoms with Crippen LogP contribution in [0.1, 0.15) is 76.0 Å². The van der Waals surface area contributed by atoms with E-state index in [1.54, 1.807) is 25.7 Å². The van der Waals surface area contributed by atoms with E-state index in [2.05, 4.69) is 16.1 Å². The Morgan fingerprint density at radius 2 is 1.70 bits per heavy atom. The molecule has 1 amide bonds. The van der Waals surface area contributed by atoms with Crippen molar-refractivity contribution in [3.8, 4) is 6.07 Å². The predicted molar refractivity (Wildman–Crippen MR) is 159 cm³/mol. The van der Waals surface area contributed by atoms with Crippen LogP contribution in [0.2, 0.25) is 0 Å². The van der Waals surface area contributed by atoms with E-state index in [0.717, 1.165) is 25.3 Å². The van der Waals surface area contributed by atoms with Crippen molar-refractivity contribution in [3.05, 3.63) is 70.3 Å². The highest BCUT2D eigenvalue weighted by Gasteiger charge is 2.48. The zero-order valence-electron chi connectivity index (χ0n) is 25.6. The van der Waals surface area contributed by atoms with Crippen molar-refractivity contribution in [1.82, 2.24) is 4.90 Å². The number of nitriles is 1. The highest BCUT2D eigenvalue weighted by molar-refractivity contribution is 5.97. The first kappa shape index (κ1) is 34.7. The van der Waals surface area contributed by atoms with E-state index < -0.39 is 57.3 Å². The summed E-state index contributed by atoms with van der Waals surface area (Å²) in [5, 5.41) is 10.6. The molecular formula is C33H34F6N4O3. The summed E-state index contributed by atoms with van der Waals surface area (Å²) in [6, 6.07) is 3.15. The maximum atomic E-state index is 13.8. The van der Waals surface area contributed by atoms with Gasteiger partial charge in [-0.2, -0.15) is 31.6 Å². The van der Waals surface area contributed by atoms with Gasteiger partial charge in [0.25, 0.3) is 0 Å². The van der Waals surface area contributed by atoms with Gasteiger partial charge in [0.2, 0.25) is 5.91 Å². The first-order valence-electron chi connectivity index (χ1n) is 14.8. The van der Waals surface area contributed by atoms with Crippen LogP contribution in [0.15, 0.2) is 63.6 Å². The van der Waals surface area contributed by atoms with Crippen LogP contribution in [-0.4, -0.2) is 53.4 Å². The van der Waals surface area contributed by atoms with Crippen LogP contribution in [0.25, 0.3) is 0 Å². The topological polar surface area (TPSA) is 95.1 Å². The number of allylic oxidation sites excluding steroid dienone is 2. The van der Waals surface area contributed by atoms with Gasteiger partial charge in [0, 0.05) is 31.9 Å². The largest absolute Gasteiger partial charge is 0.457 e. The summed E-state index contributed by atoms with van der Waals surface area (Å²) in [7, 11) is 0. The fourth-order valence-corrected chi connectivity index (χ4v) is 5.63. The number of carbonyl (C=O) groups is 2. The Morgan fingerprint density at radius 1 is 1.02 bits per heavy atom. The van der Waals surface area contributed by atoms with E-state index in [1.807, 2.05) is 0 Å². The molecule has 7 nitrogen and oxygen atoms in total. The average molecular weight is 649 g/mol. The molecule has 0 radical (unpaired) electrons. The van der Waals surface area contributed by atoms with Crippen LogP contribution in [0.3, 0.4) is 0 Å². The molecule has 46 heavy (non-hydrogen) atoms. The summed E-state index contributed by atoms with van der Waals surface area (Å²) in [6.07, 6.45) is 1.11. The van der Waals surface area contributed by atoms with Gasteiger partial charge < -0.3 is 9.64 Å². The summed E-state index contributed by atoms with van der Waals surface area (Å²) in [6.45, 7) is 5.70. The van der Waals surface area contributed by atoms with Crippen molar-refractivity contribution in [2.24, 2.45) is 9.98 Å². The molecule has 0 aromatic heterocycles. The molecule has 1 saturated heterocycles. The van der Waals surface area contributed by atoms with Gasteiger partial charge in [-0.05, 0) is 100 Å². The third-order valence-corrected chi connectivity index (χ3v) is 7.86. The number of rotatable bonds is 8. The molecule has 13 heteroatoms. The van der Waals surface area contributed by atoms with Gasteiger partial charge in [0.15, 0.2) is 5.54 Å². The van der Waals surface area contributed by atoms with E-state index in [4.69, 9.17) is 4.74 Å². The molecule has 1 fully saturated rings. The lowest BCUT2D eigenvalue weighted by Crippen LogP contribution is -2.38. The summed E-state index contributed by atoms with van der Waals surface area (Å²) in [5.74, 6) is -1.01. The number of benzene rings is 1. The molecular weight excluding hydrogens is 614 g/mol. The number of hydrogen-bond acceptors (Lipinski definition) is 6. The average Bonchev–Trinajstić information content (AvgIpc) is 3.55. The standard InChI is InChI=1S/C33H34F6N4O3/c1-29(2,3)46-28(45)26(31(21-40)22(11-14-42-31)9-7-16-43-15-6-4-5-10-27(43)44)20-30(12-8-13-41-30)23-17-24(32(34,35)36)19-25(18-23)33(37,38)39/h8,11-14,17-20H,4-7,9-10,15-16H2,1-3H3. The van der Waals surface area contributed by atoms with Gasteiger partial charge in [0.1, 0.15) is 17.2 Å². The van der Waals surface area contributed by atoms with Crippen LogP contribution >= 0.6 is 0 Å². The van der Waals surface area contributed by atoms with Crippen LogP contribution < -0.4 is 0 Å². The second kappa shape index (κ2) is 12.9. The number of hydrogen-bond donors (Lipinski definition) is 0. The molecule has 2 atom stereocenters. The lowest BCUT2D eigenvalue weighted by Gasteiger charge is -2.31. The van der Waals surface area contributed by atoms with E-state index in [1.165, 1.54) is 30.7 Å². The third kappa shape index (κ3) is 7.59. The van der Waals surface area contributed by atoms with E-state index in [9.17, 15) is 41.2 Å². The number of nitrogens with zero attached hydrogens (tertiary/aromatic N) is 4. The number of halogens is 6. The fraction of sp³-hybridized carbons (Fsp3) is 0.485. The minimum Gasteiger partial charge on any atom is -0.457 e. The van der Waals surface area contributed by atoms with Gasteiger partial charge in [-0.3, -0.25) is 14.8 Å². The number of esters is 1. The molecule has 0 spiro atoms. The molecule has 4 rings (SSSR count). The second-order valence-corrected chi connectivity index (χ2v) is 12.4. The Hall–Kier alpha value is -4.21. The number of likely N-dealkylation sites (tertiary alicyclic amines) is 1. The van der Waals surface area contributed by atoms with Gasteiger partial charge >= 0.3 is 18.3 Å². The van der Waals surface area contributed by atoms with E-state index in [0.29, 0.717) is 43.6 Å². The van der Waals surface area contributed by atoms with Crippen LogP contribution in [0.4, 0.5) is 26.3 Å². The number of aliphatic imine (C=N–C) groups is 2. The molecule has 246 valence electrons. The number of ether oxygens (including phenoxy) is 1. The normalized spacial score (nSPS) is 23.8. The van der Waals surface area contributed by atoms with Crippen molar-refractivity contribution in [2.75, 3.05) is 13.1 Å². The van der Waals surface area contributed by atoms with Gasteiger partial charge in [0.05, 0.1) is 16.7 Å². The molecule has 3 aliphatic heterocycles. The molecule has 2 unspecified atom stereocenters. The number of alkyl halides is 6. The predicted octanol–water partition coefficient (Wildman–Crippen LogP) is 7.28. The first-order chi connectivity index (χ1) is 21.4. The second-order valence-electron chi connectivity index (χ2n) is 12.4. The molecule has 0 aliphatic carbocycles. The fourth-order valence-electron chi connectivity index (χ4n) is 5.63. The highest BCUT2D eigenvalue weighted by atomic mass is 19.4. The van der Waals surface area contributed by atoms with Crippen molar-refractivity contribution in [3.63, 3.8) is 0 Å². The molecule has 0 bridgehead atoms. The van der Waals surface area contributed by atoms with Crippen molar-refractivity contribution >= 4 is 24.3 Å². The summed E-state index contributed by atoms with van der Waals surface area (Å²) >= 11 is 0. The smallest absolute Gasteiger partial charge is 0.416 e. The van der Waals surface area contributed by atoms with Gasteiger partial charge in [-0.15, -0.1) is 0 Å². The van der Waals surface area contributed by atoms with Crippen molar-refractivity contribution in [2.45, 2.75) is 88.3 Å². The summed E-state index contributed by atoms with van der Waals surface area (Å²) < 4.78 is 88.6. The Morgan fingerprint density at radius 3 is 2.26 bits per heavy atom. The Bertz CT molecular complexity index is 1510. The number of carbonyl (C=O) groups excluding carboxylic acids is 2. The number of amides is 1. The molecule has 1 aromatic carbocycles. The quantitative estimate of drug-likeness (QED) is 0.168. The van der Waals surface area contributed by atoms with Gasteiger partial charge in [-0.1, -0.05) is 6.42 Å². The van der Waals surface area contributed by atoms with Crippen molar-refractivity contribution in [1.29, 1.82) is 5.26 Å². The molecule has 3 heterocycles. The Balaban J connectivity index is 1.83. The summed E-state index contributed by atoms with van der Waals surface area (Å²) in [4.78, 5) is 36.6. The molecule has 0 N–H and O–H groups in total. The Kier molecular flexibility index (Phi) is 9.71. The van der Waals surface area contributed by atoms with Crippen LogP contribution in [-0.2, 0) is 32.2 Å². The summed E-state index contributed by atoms with van der Waals surface area (Å²) in [5.41, 5.74) is -8.85. The molecule has 0 saturated carbocycles. The zero-order valence-corrected chi connectivity index (χ0v) is 25.6. The monoisotopic (exact) mass is 648 g/mol. The SMILES string of the molecule is CC(C)(C)OC(=O)C(=CC1(c2cc(C(F)(F)F)cc(C(F)(F)F)c2)C=CC=N1)C1(C#N)N=CC=C1CCCN1CCCCCC1=O. The lowest BCUT2D eigenvalue weighted by atomic mass is 9.78. The van der Waals surface area contributed by atoms with Gasteiger partial charge in [-0.25, -0.2) is 4.79 Å². The zero-order chi connectivity index (χ0) is 34.0. The first-order valence-corrected chi connectivity index (χ1v) is 14.8. The maximum absolute atomic E-state index is 13.8. The maximum Gasteiger partial charge on any atom is 0.416 e. The van der Waals surface area contributed by atoms with E-state index >= 15 is 0 Å². The van der Waals surface area contributed by atoms with Crippen LogP contribution in [0, 0.1) is 11.3 Å². The van der Waals surface area contributed by atoms with E-state index in [-0.39, 0.29) is 18.4 Å². The van der Waals surface area contributed by atoms with Crippen LogP contribution in [0.5, 0.6) is 0 Å². The molecule has 3 aliphatic rings. The highest BCUT2D eigenvalue weighted by Crippen LogP contribution is 2.44. The minimum atomic E-state index is -5.13. The Labute approximate surface area is 263 Å². The lowest BCUT2D eigenvalue weighted by molar-refractivity contribution is -0.150.